The van der Waals surface area contributed by atoms with Gasteiger partial charge in [0.05, 0.1) is 74.8 Å². The molecule has 15 heterocycles. The van der Waals surface area contributed by atoms with Crippen molar-refractivity contribution in [3.8, 4) is 5.75 Å². The number of aliphatic hydroxyl groups excluding tert-OH is 1. The summed E-state index contributed by atoms with van der Waals surface area (Å²) >= 11 is 0. The summed E-state index contributed by atoms with van der Waals surface area (Å²) in [5.41, 5.74) is 6.31. The Hall–Kier alpha value is -10.4. The Morgan fingerprint density at radius 3 is 1.92 bits per heavy atom. The van der Waals surface area contributed by atoms with Crippen LogP contribution in [0.15, 0.2) is 92.2 Å². The molecule has 3 aliphatic rings. The summed E-state index contributed by atoms with van der Waals surface area (Å²) in [6, 6.07) is 9.79. The first-order valence-electron chi connectivity index (χ1n) is 31.1. The number of aryl methyl sites for hydroxylation is 6. The molecule has 0 spiro atoms. The largest absolute Gasteiger partial charge is 0.491 e. The molecular formula is C63H66F3N23O4. The van der Waals surface area contributed by atoms with Gasteiger partial charge in [-0.05, 0) is 57.4 Å². The maximum Gasteiger partial charge on any atom is 0.259 e. The smallest absolute Gasteiger partial charge is 0.259 e. The lowest BCUT2D eigenvalue weighted by atomic mass is 10.1. The van der Waals surface area contributed by atoms with Gasteiger partial charge in [0.2, 0.25) is 5.82 Å². The topological polar surface area (TPSA) is 276 Å². The number of pyridine rings is 6. The van der Waals surface area contributed by atoms with Crippen LogP contribution in [-0.4, -0.2) is 169 Å². The molecule has 30 heteroatoms. The molecule has 3 fully saturated rings. The minimum Gasteiger partial charge on any atom is -0.491 e. The highest BCUT2D eigenvalue weighted by Gasteiger charge is 2.28. The lowest BCUT2D eigenvalue weighted by Crippen LogP contribution is -2.44. The second-order valence-corrected chi connectivity index (χ2v) is 23.4. The molecule has 12 aromatic rings. The molecule has 2 amide bonds. The van der Waals surface area contributed by atoms with Gasteiger partial charge in [-0.15, -0.1) is 0 Å². The quantitative estimate of drug-likeness (QED) is 0.0542. The summed E-state index contributed by atoms with van der Waals surface area (Å²) in [4.78, 5) is 62.8. The van der Waals surface area contributed by atoms with E-state index in [2.05, 4.69) is 61.6 Å². The van der Waals surface area contributed by atoms with Crippen molar-refractivity contribution in [2.45, 2.75) is 52.3 Å². The highest BCUT2D eigenvalue weighted by Crippen LogP contribution is 2.35. The van der Waals surface area contributed by atoms with Crippen molar-refractivity contribution >= 4 is 85.3 Å². The van der Waals surface area contributed by atoms with Crippen LogP contribution in [0.2, 0.25) is 0 Å². The molecule has 0 bridgehead atoms. The van der Waals surface area contributed by atoms with Gasteiger partial charge < -0.3 is 69.6 Å². The highest BCUT2D eigenvalue weighted by molar-refractivity contribution is 6.13. The number of ether oxygens (including phenoxy) is 1. The first-order valence-corrected chi connectivity index (χ1v) is 31.1. The lowest BCUT2D eigenvalue weighted by molar-refractivity contribution is 0.101. The summed E-state index contributed by atoms with van der Waals surface area (Å²) in [7, 11) is 1.33. The van der Waals surface area contributed by atoms with Crippen molar-refractivity contribution < 1.29 is 32.6 Å². The van der Waals surface area contributed by atoms with Crippen LogP contribution in [0.1, 0.15) is 68.2 Å². The molecule has 0 aromatic carbocycles. The van der Waals surface area contributed by atoms with E-state index in [1.54, 1.807) is 69.8 Å². The Bertz CT molecular complexity index is 4880. The Morgan fingerprint density at radius 2 is 1.24 bits per heavy atom. The third-order valence-corrected chi connectivity index (χ3v) is 17.3. The number of piperazine rings is 3. The van der Waals surface area contributed by atoms with E-state index < -0.39 is 35.5 Å². The fourth-order valence-corrected chi connectivity index (χ4v) is 12.7. The molecule has 0 aliphatic carbocycles. The van der Waals surface area contributed by atoms with Crippen molar-refractivity contribution in [2.24, 2.45) is 0 Å². The predicted molar refractivity (Wildman–Crippen MR) is 343 cm³/mol. The van der Waals surface area contributed by atoms with E-state index in [9.17, 15) is 14.7 Å². The minimum atomic E-state index is -1.46. The number of halogens is 3. The van der Waals surface area contributed by atoms with Crippen LogP contribution in [0.3, 0.4) is 0 Å². The number of nitrogens with one attached hydrogen (secondary N) is 6. The van der Waals surface area contributed by atoms with E-state index >= 15 is 13.2 Å². The number of aromatic nitrogens is 14. The van der Waals surface area contributed by atoms with Crippen molar-refractivity contribution in [3.63, 3.8) is 0 Å². The van der Waals surface area contributed by atoms with Crippen LogP contribution in [0.5, 0.6) is 5.75 Å². The normalized spacial score (nSPS) is 15.2. The Balaban J connectivity index is 0.661. The fourth-order valence-electron chi connectivity index (χ4n) is 12.7. The van der Waals surface area contributed by atoms with Gasteiger partial charge in [-0.3, -0.25) is 18.7 Å². The number of rotatable bonds is 18. The average Bonchev–Trinajstić information content (AvgIpc) is 1.73. The van der Waals surface area contributed by atoms with E-state index in [1.165, 1.54) is 34.2 Å². The average molecular weight is 1270 g/mol. The summed E-state index contributed by atoms with van der Waals surface area (Å²) in [5, 5.41) is 41.5. The maximum absolute atomic E-state index is 16.6. The Kier molecular flexibility index (Phi) is 15.4. The first-order chi connectivity index (χ1) is 45.3. The number of methoxy groups -OCH3 is 1. The van der Waals surface area contributed by atoms with Crippen molar-refractivity contribution in [1.82, 2.24) is 82.9 Å². The third-order valence-electron chi connectivity index (χ3n) is 17.3. The van der Waals surface area contributed by atoms with Crippen molar-refractivity contribution in [1.29, 1.82) is 0 Å². The Labute approximate surface area is 528 Å². The molecule has 3 saturated heterocycles. The number of nitrogens with zero attached hydrogens (tertiary/aromatic N) is 17. The van der Waals surface area contributed by atoms with Crippen LogP contribution in [0, 0.1) is 24.4 Å². The van der Waals surface area contributed by atoms with Crippen LogP contribution in [0.4, 0.5) is 47.6 Å². The van der Waals surface area contributed by atoms with E-state index in [4.69, 9.17) is 29.9 Å². The molecule has 478 valence electrons. The maximum atomic E-state index is 16.6. The second kappa shape index (κ2) is 24.3. The molecule has 0 radical (unpaired) electrons. The van der Waals surface area contributed by atoms with E-state index in [0.717, 1.165) is 88.2 Å². The van der Waals surface area contributed by atoms with Crippen molar-refractivity contribution in [2.75, 3.05) is 116 Å². The summed E-state index contributed by atoms with van der Waals surface area (Å²) in [5.74, 6) is -1.00. The number of fused-ring (bicyclic) bond motifs is 6. The Morgan fingerprint density at radius 1 is 0.634 bits per heavy atom. The zero-order valence-electron chi connectivity index (χ0n) is 51.2. The van der Waals surface area contributed by atoms with E-state index in [1.807, 2.05) is 35.9 Å². The van der Waals surface area contributed by atoms with Gasteiger partial charge in [-0.1, -0.05) is 0 Å². The molecule has 93 heavy (non-hydrogen) atoms. The first kappa shape index (κ1) is 58.9. The molecule has 3 aliphatic heterocycles. The lowest BCUT2D eigenvalue weighted by Gasteiger charge is -2.30. The zero-order chi connectivity index (χ0) is 63.6. The number of carbonyl (C=O) groups excluding carboxylic acids is 2. The SMILES string of the molecule is CCn1cc2c(N3CCNCC3)ncc(C(=O)Nc3cc(F)c4nc(CCc5cn6cc(NC(O)c7ccc(N8CCNCC8)c8nc(CCc9cn%10c(N%11CCNCC%11)ccc(C(=O)Nc%11cc(F)c%12nc(C)cn%12c%11)c%10n9)nn78)c(OC)c(F)c6n5)cn4c3)c2n1. The van der Waals surface area contributed by atoms with Crippen molar-refractivity contribution in [3.05, 3.63) is 155 Å². The molecule has 7 N–H and O–H groups in total. The number of aliphatic hydroxyl groups is 1. The van der Waals surface area contributed by atoms with Gasteiger partial charge in [0.15, 0.2) is 57.7 Å². The van der Waals surface area contributed by atoms with Crippen LogP contribution in [-0.2, 0) is 32.2 Å². The van der Waals surface area contributed by atoms with Gasteiger partial charge in [-0.25, -0.2) is 43.2 Å². The van der Waals surface area contributed by atoms with Gasteiger partial charge in [0, 0.05) is 159 Å². The highest BCUT2D eigenvalue weighted by atomic mass is 19.1. The zero-order valence-corrected chi connectivity index (χ0v) is 51.2. The molecule has 12 aromatic heterocycles. The monoisotopic (exact) mass is 1270 g/mol. The molecule has 1 atom stereocenters. The molecule has 1 unspecified atom stereocenters. The number of carbonyl (C=O) groups is 2. The summed E-state index contributed by atoms with van der Waals surface area (Å²) in [6.07, 6.45) is 15.0. The van der Waals surface area contributed by atoms with Gasteiger partial charge in [0.25, 0.3) is 11.8 Å². The molecule has 15 rings (SSSR count). The molecule has 27 nitrogen and oxygen atoms in total. The van der Waals surface area contributed by atoms with Gasteiger partial charge >= 0.3 is 0 Å². The van der Waals surface area contributed by atoms with E-state index in [-0.39, 0.29) is 45.3 Å². The summed E-state index contributed by atoms with van der Waals surface area (Å²) in [6.45, 7) is 13.5. The fraction of sp³-hybridized carbons (Fsp3) is 0.333. The van der Waals surface area contributed by atoms with Crippen LogP contribution >= 0.6 is 0 Å². The van der Waals surface area contributed by atoms with Gasteiger partial charge in [-0.2, -0.15) is 14.6 Å². The van der Waals surface area contributed by atoms with Crippen LogP contribution < -0.4 is 51.3 Å². The van der Waals surface area contributed by atoms with Crippen LogP contribution in [0.25, 0.3) is 39.1 Å². The molecule has 0 saturated carbocycles. The van der Waals surface area contributed by atoms with Gasteiger partial charge in [0.1, 0.15) is 17.2 Å². The number of imidazole rings is 4. The summed E-state index contributed by atoms with van der Waals surface area (Å²) < 4.78 is 63.0. The number of amides is 2. The number of anilines is 6. The molecular weight excluding hydrogens is 1200 g/mol. The second-order valence-electron chi connectivity index (χ2n) is 23.4. The number of hydrogen-bond acceptors (Lipinski definition) is 19. The predicted octanol–water partition coefficient (Wildman–Crippen LogP) is 5.23. The third kappa shape index (κ3) is 11.2. The standard InChI is InChI=1S/C63H66F3N23O4/c1-4-87-34-44-53(80-87)43(27-70-55(44)83-23-17-69-18-24-83)62(91)76-41-26-46(65)58-73-37(29-85(58)32-41)5-6-38-30-86-35-47(54(93-3)52(66)60(86)74-38)77-63(92)49-10-9-48(81-19-13-67-14-20-81)59-78-50(79-89(49)59)11-7-39-33-88-51(82-21-15-68-16-22-82)12-8-42(56(88)72-39)61(90)75-40-25-45(64)57-71-36(2)28-84(57)31-40/h8-10,12,25-35,63,67-69,77,92H,4-7,11,13-24H2,1-3H3,(H,75,90)(H,76,91). The minimum absolute atomic E-state index is 0.0139. The number of hydrogen-bond donors (Lipinski definition) is 7. The van der Waals surface area contributed by atoms with E-state index in [0.29, 0.717) is 102 Å².